The molecule has 0 radical (unpaired) electrons. The Bertz CT molecular complexity index is 725. The average molecular weight is 380 g/mol. The predicted molar refractivity (Wildman–Crippen MR) is 98.6 cm³/mol. The van der Waals surface area contributed by atoms with E-state index >= 15 is 0 Å². The van der Waals surface area contributed by atoms with Gasteiger partial charge in [-0.2, -0.15) is 0 Å². The predicted octanol–water partition coefficient (Wildman–Crippen LogP) is 4.65. The quantitative estimate of drug-likeness (QED) is 0.761. The summed E-state index contributed by atoms with van der Waals surface area (Å²) in [7, 11) is 1.63. The summed E-state index contributed by atoms with van der Waals surface area (Å²) in [5, 5.41) is 4.00. The number of nitrogens with one attached hydrogen (secondary N) is 1. The number of carbonyl (C=O) groups excluding carboxylic acids is 1. The van der Waals surface area contributed by atoms with Crippen molar-refractivity contribution in [3.63, 3.8) is 0 Å². The second-order valence-corrected chi connectivity index (χ2v) is 6.92. The van der Waals surface area contributed by atoms with Crippen LogP contribution >= 0.6 is 23.2 Å². The van der Waals surface area contributed by atoms with Crippen molar-refractivity contribution in [3.05, 3.63) is 58.1 Å². The highest BCUT2D eigenvalue weighted by Gasteiger charge is 2.33. The Morgan fingerprint density at radius 3 is 2.32 bits per heavy atom. The molecule has 2 aromatic carbocycles. The van der Waals surface area contributed by atoms with Crippen LogP contribution in [-0.4, -0.2) is 19.6 Å². The second kappa shape index (κ2) is 7.98. The Balaban J connectivity index is 1.60. The number of methoxy groups -OCH3 is 1. The van der Waals surface area contributed by atoms with Crippen LogP contribution in [0.1, 0.15) is 24.4 Å². The molecule has 3 rings (SSSR count). The Morgan fingerprint density at radius 1 is 1.12 bits per heavy atom. The second-order valence-electron chi connectivity index (χ2n) is 6.05. The zero-order valence-electron chi connectivity index (χ0n) is 13.8. The topological polar surface area (TPSA) is 47.6 Å². The third-order valence-corrected chi connectivity index (χ3v) is 4.53. The first-order valence-electron chi connectivity index (χ1n) is 8.07. The summed E-state index contributed by atoms with van der Waals surface area (Å²) < 4.78 is 10.7. The summed E-state index contributed by atoms with van der Waals surface area (Å²) in [5.74, 6) is 1.56. The highest BCUT2D eigenvalue weighted by atomic mass is 35.5. The first kappa shape index (κ1) is 17.9. The molecule has 1 saturated carbocycles. The van der Waals surface area contributed by atoms with Crippen LogP contribution in [0.5, 0.6) is 11.5 Å². The SMILES string of the molecule is COc1ccc(C(NC(=O)COc2cc(Cl)cc(Cl)c2)C2CC2)cc1. The molecule has 132 valence electrons. The first-order chi connectivity index (χ1) is 12.0. The molecule has 0 saturated heterocycles. The van der Waals surface area contributed by atoms with Crippen molar-refractivity contribution < 1.29 is 14.3 Å². The highest BCUT2D eigenvalue weighted by molar-refractivity contribution is 6.34. The lowest BCUT2D eigenvalue weighted by molar-refractivity contribution is -0.124. The number of ether oxygens (including phenoxy) is 2. The average Bonchev–Trinajstić information content (AvgIpc) is 3.42. The molecule has 0 bridgehead atoms. The minimum Gasteiger partial charge on any atom is -0.497 e. The standard InChI is InChI=1S/C19H19Cl2NO3/c1-24-16-6-4-13(5-7-16)19(12-2-3-12)22-18(23)11-25-17-9-14(20)8-15(21)10-17/h4-10,12,19H,2-3,11H2,1H3,(H,22,23). The van der Waals surface area contributed by atoms with Crippen LogP contribution in [0.2, 0.25) is 10.0 Å². The van der Waals surface area contributed by atoms with E-state index in [0.717, 1.165) is 24.2 Å². The maximum atomic E-state index is 12.3. The van der Waals surface area contributed by atoms with Gasteiger partial charge in [0.1, 0.15) is 11.5 Å². The monoisotopic (exact) mass is 379 g/mol. The highest BCUT2D eigenvalue weighted by Crippen LogP contribution is 2.41. The van der Waals surface area contributed by atoms with E-state index in [1.54, 1.807) is 25.3 Å². The molecule has 4 nitrogen and oxygen atoms in total. The fraction of sp³-hybridized carbons (Fsp3) is 0.316. The number of hydrogen-bond acceptors (Lipinski definition) is 3. The Kier molecular flexibility index (Phi) is 5.71. The van der Waals surface area contributed by atoms with Gasteiger partial charge in [-0.15, -0.1) is 0 Å². The molecule has 0 heterocycles. The third kappa shape index (κ3) is 5.03. The molecule has 1 aliphatic carbocycles. The lowest BCUT2D eigenvalue weighted by Crippen LogP contribution is -2.33. The molecular weight excluding hydrogens is 361 g/mol. The van der Waals surface area contributed by atoms with Crippen LogP contribution < -0.4 is 14.8 Å². The van der Waals surface area contributed by atoms with Crippen LogP contribution in [0.4, 0.5) is 0 Å². The molecule has 0 aliphatic heterocycles. The molecule has 1 amide bonds. The van der Waals surface area contributed by atoms with Crippen molar-refractivity contribution in [3.8, 4) is 11.5 Å². The molecule has 6 heteroatoms. The molecular formula is C19H19Cl2NO3. The molecule has 1 N–H and O–H groups in total. The lowest BCUT2D eigenvalue weighted by atomic mass is 10.0. The molecule has 2 aromatic rings. The van der Waals surface area contributed by atoms with E-state index in [4.69, 9.17) is 32.7 Å². The van der Waals surface area contributed by atoms with Crippen LogP contribution in [-0.2, 0) is 4.79 Å². The van der Waals surface area contributed by atoms with Gasteiger partial charge in [0.05, 0.1) is 13.2 Å². The van der Waals surface area contributed by atoms with Crippen molar-refractivity contribution in [2.24, 2.45) is 5.92 Å². The largest absolute Gasteiger partial charge is 0.497 e. The van der Waals surface area contributed by atoms with Gasteiger partial charge < -0.3 is 14.8 Å². The van der Waals surface area contributed by atoms with Crippen molar-refractivity contribution in [1.29, 1.82) is 0 Å². The van der Waals surface area contributed by atoms with Crippen LogP contribution in [0.15, 0.2) is 42.5 Å². The third-order valence-electron chi connectivity index (χ3n) is 4.09. The minimum atomic E-state index is -0.177. The summed E-state index contributed by atoms with van der Waals surface area (Å²) in [4.78, 5) is 12.3. The summed E-state index contributed by atoms with van der Waals surface area (Å²) in [6.45, 7) is -0.0873. The smallest absolute Gasteiger partial charge is 0.258 e. The van der Waals surface area contributed by atoms with Gasteiger partial charge in [0.2, 0.25) is 0 Å². The lowest BCUT2D eigenvalue weighted by Gasteiger charge is -2.19. The van der Waals surface area contributed by atoms with Gasteiger partial charge in [-0.3, -0.25) is 4.79 Å². The van der Waals surface area contributed by atoms with E-state index in [1.165, 1.54) is 0 Å². The van der Waals surface area contributed by atoms with Gasteiger partial charge in [-0.1, -0.05) is 35.3 Å². The molecule has 1 atom stereocenters. The number of carbonyl (C=O) groups is 1. The van der Waals surface area contributed by atoms with Gasteiger partial charge in [0.15, 0.2) is 6.61 Å². The van der Waals surface area contributed by atoms with Gasteiger partial charge in [0, 0.05) is 10.0 Å². The normalized spacial score (nSPS) is 14.7. The van der Waals surface area contributed by atoms with Crippen molar-refractivity contribution in [2.75, 3.05) is 13.7 Å². The fourth-order valence-corrected chi connectivity index (χ4v) is 3.20. The number of rotatable bonds is 7. The molecule has 0 aromatic heterocycles. The van der Waals surface area contributed by atoms with E-state index in [9.17, 15) is 4.79 Å². The zero-order valence-corrected chi connectivity index (χ0v) is 15.3. The first-order valence-corrected chi connectivity index (χ1v) is 8.83. The Labute approximate surface area is 157 Å². The van der Waals surface area contributed by atoms with Gasteiger partial charge in [0.25, 0.3) is 5.91 Å². The van der Waals surface area contributed by atoms with E-state index < -0.39 is 0 Å². The van der Waals surface area contributed by atoms with E-state index in [-0.39, 0.29) is 18.6 Å². The van der Waals surface area contributed by atoms with Crippen LogP contribution in [0.3, 0.4) is 0 Å². The maximum Gasteiger partial charge on any atom is 0.258 e. The summed E-state index contributed by atoms with van der Waals surface area (Å²) in [6, 6.07) is 12.6. The molecule has 0 spiro atoms. The molecule has 1 aliphatic rings. The van der Waals surface area contributed by atoms with Gasteiger partial charge in [-0.25, -0.2) is 0 Å². The molecule has 1 unspecified atom stereocenters. The Morgan fingerprint density at radius 2 is 1.76 bits per heavy atom. The zero-order chi connectivity index (χ0) is 17.8. The minimum absolute atomic E-state index is 0.00930. The van der Waals surface area contributed by atoms with Gasteiger partial charge in [-0.05, 0) is 54.7 Å². The van der Waals surface area contributed by atoms with Crippen molar-refractivity contribution in [2.45, 2.75) is 18.9 Å². The molecule has 1 fully saturated rings. The van der Waals surface area contributed by atoms with Gasteiger partial charge >= 0.3 is 0 Å². The summed E-state index contributed by atoms with van der Waals surface area (Å²) >= 11 is 11.9. The summed E-state index contributed by atoms with van der Waals surface area (Å²) in [6.07, 6.45) is 2.23. The van der Waals surface area contributed by atoms with Crippen LogP contribution in [0.25, 0.3) is 0 Å². The number of hydrogen-bond donors (Lipinski definition) is 1. The number of halogens is 2. The van der Waals surface area contributed by atoms with Crippen molar-refractivity contribution >= 4 is 29.1 Å². The summed E-state index contributed by atoms with van der Waals surface area (Å²) in [5.41, 5.74) is 1.07. The van der Waals surface area contributed by atoms with E-state index in [0.29, 0.717) is 21.7 Å². The van der Waals surface area contributed by atoms with Crippen LogP contribution in [0, 0.1) is 5.92 Å². The number of benzene rings is 2. The fourth-order valence-electron chi connectivity index (χ4n) is 2.69. The van der Waals surface area contributed by atoms with E-state index in [2.05, 4.69) is 5.32 Å². The Hall–Kier alpha value is -1.91. The van der Waals surface area contributed by atoms with E-state index in [1.807, 2.05) is 24.3 Å². The van der Waals surface area contributed by atoms with Crippen molar-refractivity contribution in [1.82, 2.24) is 5.32 Å². The molecule has 25 heavy (non-hydrogen) atoms. The maximum absolute atomic E-state index is 12.3. The number of amides is 1.